The van der Waals surface area contributed by atoms with Crippen molar-refractivity contribution in [3.05, 3.63) is 18.2 Å². The van der Waals surface area contributed by atoms with E-state index in [4.69, 9.17) is 5.73 Å². The van der Waals surface area contributed by atoms with Crippen LogP contribution in [0.3, 0.4) is 0 Å². The van der Waals surface area contributed by atoms with Crippen molar-refractivity contribution in [1.29, 1.82) is 0 Å². The molecule has 1 aromatic rings. The molecule has 0 fully saturated rings. The van der Waals surface area contributed by atoms with Gasteiger partial charge in [0.15, 0.2) is 0 Å². The normalized spacial score (nSPS) is 14.1. The summed E-state index contributed by atoms with van der Waals surface area (Å²) in [5, 5.41) is 17.0. The summed E-state index contributed by atoms with van der Waals surface area (Å²) in [5.74, 6) is -3.07. The molecule has 7 N–H and O–H groups in total. The molecule has 0 radical (unpaired) electrons. The number of hydrogen-bond donors (Lipinski definition) is 6. The van der Waals surface area contributed by atoms with Gasteiger partial charge in [0.1, 0.15) is 18.1 Å². The van der Waals surface area contributed by atoms with Gasteiger partial charge in [-0.3, -0.25) is 14.4 Å². The van der Waals surface area contributed by atoms with Crippen LogP contribution in [0.2, 0.25) is 0 Å². The lowest BCUT2D eigenvalue weighted by atomic mass is 10.0. The highest BCUT2D eigenvalue weighted by atomic mass is 16.4. The third-order valence-corrected chi connectivity index (χ3v) is 4.38. The first-order valence-corrected chi connectivity index (χ1v) is 9.85. The maximum absolute atomic E-state index is 12.8. The van der Waals surface area contributed by atoms with Gasteiger partial charge in [0.25, 0.3) is 0 Å². The first kappa shape index (κ1) is 25.1. The Kier molecular flexibility index (Phi) is 9.96. The summed E-state index contributed by atoms with van der Waals surface area (Å²) in [5.41, 5.74) is 5.89. The molecule has 168 valence electrons. The predicted molar refractivity (Wildman–Crippen MR) is 109 cm³/mol. The van der Waals surface area contributed by atoms with Crippen molar-refractivity contribution in [3.63, 3.8) is 0 Å². The molecule has 0 saturated carbocycles. The summed E-state index contributed by atoms with van der Waals surface area (Å²) in [6.07, 6.45) is 3.25. The average Bonchev–Trinajstić information content (AvgIpc) is 3.16. The second-order valence-corrected chi connectivity index (χ2v) is 7.86. The molecule has 11 heteroatoms. The van der Waals surface area contributed by atoms with E-state index in [1.165, 1.54) is 12.5 Å². The SMILES string of the molecule is CC(C)CC(NC(=O)C(Cc1cnc[nH]1)NC(=O)C(NC(=O)CN)C(C)C)C(=O)O. The van der Waals surface area contributed by atoms with Crippen LogP contribution in [-0.4, -0.2) is 63.4 Å². The van der Waals surface area contributed by atoms with Crippen molar-refractivity contribution in [3.8, 4) is 0 Å². The van der Waals surface area contributed by atoms with E-state index >= 15 is 0 Å². The molecule has 0 saturated heterocycles. The molecule has 0 spiro atoms. The van der Waals surface area contributed by atoms with Gasteiger partial charge in [-0.25, -0.2) is 9.78 Å². The fourth-order valence-corrected chi connectivity index (χ4v) is 2.82. The summed E-state index contributed by atoms with van der Waals surface area (Å²) >= 11 is 0. The number of carboxylic acids is 1. The Bertz CT molecular complexity index is 719. The quantitative estimate of drug-likeness (QED) is 0.253. The highest BCUT2D eigenvalue weighted by molar-refractivity contribution is 5.93. The molecule has 3 amide bonds. The fourth-order valence-electron chi connectivity index (χ4n) is 2.82. The maximum Gasteiger partial charge on any atom is 0.326 e. The van der Waals surface area contributed by atoms with Crippen LogP contribution >= 0.6 is 0 Å². The molecule has 11 nitrogen and oxygen atoms in total. The van der Waals surface area contributed by atoms with E-state index in [-0.39, 0.29) is 31.2 Å². The molecule has 0 aliphatic heterocycles. The zero-order valence-corrected chi connectivity index (χ0v) is 17.8. The second kappa shape index (κ2) is 11.9. The molecular formula is C19H32N6O5. The smallest absolute Gasteiger partial charge is 0.326 e. The molecule has 0 aromatic carbocycles. The highest BCUT2D eigenvalue weighted by Gasteiger charge is 2.31. The lowest BCUT2D eigenvalue weighted by molar-refractivity contribution is -0.142. The molecule has 1 aromatic heterocycles. The van der Waals surface area contributed by atoms with E-state index < -0.39 is 41.8 Å². The number of aromatic nitrogens is 2. The van der Waals surface area contributed by atoms with E-state index in [0.717, 1.165) is 0 Å². The minimum atomic E-state index is -1.15. The zero-order chi connectivity index (χ0) is 22.8. The van der Waals surface area contributed by atoms with Crippen molar-refractivity contribution in [2.24, 2.45) is 17.6 Å². The largest absolute Gasteiger partial charge is 0.480 e. The van der Waals surface area contributed by atoms with E-state index in [1.807, 2.05) is 13.8 Å². The van der Waals surface area contributed by atoms with Crippen LogP contribution < -0.4 is 21.7 Å². The molecular weight excluding hydrogens is 392 g/mol. The van der Waals surface area contributed by atoms with Crippen molar-refractivity contribution in [2.45, 2.75) is 58.7 Å². The van der Waals surface area contributed by atoms with Crippen LogP contribution in [0, 0.1) is 11.8 Å². The second-order valence-electron chi connectivity index (χ2n) is 7.86. The topological polar surface area (TPSA) is 179 Å². The summed E-state index contributed by atoms with van der Waals surface area (Å²) < 4.78 is 0. The minimum Gasteiger partial charge on any atom is -0.480 e. The Morgan fingerprint density at radius 3 is 2.17 bits per heavy atom. The molecule has 3 atom stereocenters. The van der Waals surface area contributed by atoms with Gasteiger partial charge in [0.05, 0.1) is 12.9 Å². The van der Waals surface area contributed by atoms with Gasteiger partial charge < -0.3 is 31.8 Å². The Morgan fingerprint density at radius 1 is 1.07 bits per heavy atom. The number of aromatic amines is 1. The average molecular weight is 425 g/mol. The summed E-state index contributed by atoms with van der Waals surface area (Å²) in [4.78, 5) is 55.5. The third-order valence-electron chi connectivity index (χ3n) is 4.38. The molecule has 3 unspecified atom stereocenters. The number of hydrogen-bond acceptors (Lipinski definition) is 6. The lowest BCUT2D eigenvalue weighted by Gasteiger charge is -2.26. The van der Waals surface area contributed by atoms with Gasteiger partial charge in [-0.1, -0.05) is 27.7 Å². The van der Waals surface area contributed by atoms with E-state index in [0.29, 0.717) is 5.69 Å². The first-order valence-electron chi connectivity index (χ1n) is 9.85. The number of aliphatic carboxylic acids is 1. The van der Waals surface area contributed by atoms with Crippen LogP contribution in [0.4, 0.5) is 0 Å². The number of H-pyrrole nitrogens is 1. The van der Waals surface area contributed by atoms with Crippen LogP contribution in [0.25, 0.3) is 0 Å². The van der Waals surface area contributed by atoms with Crippen LogP contribution in [0.1, 0.15) is 39.8 Å². The van der Waals surface area contributed by atoms with Crippen molar-refractivity contribution < 1.29 is 24.3 Å². The maximum atomic E-state index is 12.8. The Hall–Kier alpha value is -2.95. The molecule has 0 aliphatic rings. The van der Waals surface area contributed by atoms with Crippen molar-refractivity contribution >= 4 is 23.7 Å². The summed E-state index contributed by atoms with van der Waals surface area (Å²) in [6.45, 7) is 6.91. The van der Waals surface area contributed by atoms with Crippen LogP contribution in [0.5, 0.6) is 0 Å². The minimum absolute atomic E-state index is 0.0452. The van der Waals surface area contributed by atoms with Gasteiger partial charge in [-0.2, -0.15) is 0 Å². The summed E-state index contributed by atoms with van der Waals surface area (Å²) in [7, 11) is 0. The molecule has 1 heterocycles. The van der Waals surface area contributed by atoms with Gasteiger partial charge in [-0.05, 0) is 18.3 Å². The first-order chi connectivity index (χ1) is 14.0. The number of nitrogens with zero attached hydrogens (tertiary/aromatic N) is 1. The Morgan fingerprint density at radius 2 is 1.70 bits per heavy atom. The van der Waals surface area contributed by atoms with E-state index in [9.17, 15) is 24.3 Å². The van der Waals surface area contributed by atoms with Crippen LogP contribution in [-0.2, 0) is 25.6 Å². The Labute approximate surface area is 175 Å². The number of carbonyl (C=O) groups excluding carboxylic acids is 3. The number of carbonyl (C=O) groups is 4. The molecule has 30 heavy (non-hydrogen) atoms. The Balaban J connectivity index is 3.01. The number of amides is 3. The zero-order valence-electron chi connectivity index (χ0n) is 17.8. The number of carboxylic acid groups (broad SMARTS) is 1. The standard InChI is InChI=1S/C19H32N6O5/c1-10(2)5-14(19(29)30)24-17(27)13(6-12-8-21-9-22-12)23-18(28)16(11(3)4)25-15(26)7-20/h8-11,13-14,16H,5-7,20H2,1-4H3,(H,21,22)(H,23,28)(H,24,27)(H,25,26)(H,29,30). The van der Waals surface area contributed by atoms with Crippen LogP contribution in [0.15, 0.2) is 12.5 Å². The number of nitrogens with one attached hydrogen (secondary N) is 4. The summed E-state index contributed by atoms with van der Waals surface area (Å²) in [6, 6.07) is -3.05. The lowest BCUT2D eigenvalue weighted by Crippen LogP contribution is -2.58. The molecule has 0 aliphatic carbocycles. The van der Waals surface area contributed by atoms with E-state index in [1.54, 1.807) is 13.8 Å². The van der Waals surface area contributed by atoms with Gasteiger partial charge in [0.2, 0.25) is 17.7 Å². The van der Waals surface area contributed by atoms with Gasteiger partial charge in [0, 0.05) is 18.3 Å². The number of imidazole rings is 1. The molecule has 1 rings (SSSR count). The predicted octanol–water partition coefficient (Wildman–Crippen LogP) is -0.848. The number of rotatable bonds is 12. The van der Waals surface area contributed by atoms with E-state index in [2.05, 4.69) is 25.9 Å². The van der Waals surface area contributed by atoms with Crippen molar-refractivity contribution in [2.75, 3.05) is 6.54 Å². The molecule has 0 bridgehead atoms. The van der Waals surface area contributed by atoms with Crippen molar-refractivity contribution in [1.82, 2.24) is 25.9 Å². The highest BCUT2D eigenvalue weighted by Crippen LogP contribution is 2.08. The third kappa shape index (κ3) is 8.19. The monoisotopic (exact) mass is 424 g/mol. The van der Waals surface area contributed by atoms with Gasteiger partial charge in [-0.15, -0.1) is 0 Å². The number of nitrogens with two attached hydrogens (primary N) is 1. The fraction of sp³-hybridized carbons (Fsp3) is 0.632. The van der Waals surface area contributed by atoms with Gasteiger partial charge >= 0.3 is 5.97 Å².